The van der Waals surface area contributed by atoms with Crippen molar-refractivity contribution in [2.75, 3.05) is 20.2 Å². The van der Waals surface area contributed by atoms with Crippen LogP contribution < -0.4 is 0 Å². The minimum Gasteiger partial charge on any atom is -0.468 e. The smallest absolute Gasteiger partial charge is 0.325 e. The molecule has 1 aromatic heterocycles. The molecule has 6 heteroatoms. The monoisotopic (exact) mass is 240 g/mol. The van der Waals surface area contributed by atoms with Gasteiger partial charge in [-0.25, -0.2) is 0 Å². The summed E-state index contributed by atoms with van der Waals surface area (Å²) in [5.41, 5.74) is 0.377. The van der Waals surface area contributed by atoms with Crippen molar-refractivity contribution in [3.8, 4) is 0 Å². The Morgan fingerprint density at radius 2 is 2.24 bits per heavy atom. The number of aryl methyl sites for hydroxylation is 1. The van der Waals surface area contributed by atoms with E-state index >= 15 is 0 Å². The van der Waals surface area contributed by atoms with Crippen molar-refractivity contribution >= 4 is 11.9 Å². The molecule has 0 bridgehead atoms. The quantitative estimate of drug-likeness (QED) is 0.718. The number of aromatic nitrogens is 1. The van der Waals surface area contributed by atoms with Crippen molar-refractivity contribution in [3.05, 3.63) is 17.5 Å². The van der Waals surface area contributed by atoms with Crippen molar-refractivity contribution in [3.63, 3.8) is 0 Å². The van der Waals surface area contributed by atoms with Crippen LogP contribution in [0.1, 0.15) is 29.5 Å². The molecule has 0 fully saturated rings. The van der Waals surface area contributed by atoms with Gasteiger partial charge in [0, 0.05) is 6.54 Å². The Morgan fingerprint density at radius 3 is 2.71 bits per heavy atom. The molecule has 0 saturated heterocycles. The molecule has 0 unspecified atom stereocenters. The zero-order valence-electron chi connectivity index (χ0n) is 10.2. The standard InChI is InChI=1S/C11H16N2O4/c1-4-5-13(7-10(14)16-3)11(15)9-6-12-17-8(9)2/h6H,4-5,7H2,1-3H3. The topological polar surface area (TPSA) is 72.6 Å². The van der Waals surface area contributed by atoms with Crippen molar-refractivity contribution < 1.29 is 18.8 Å². The number of amides is 1. The van der Waals surface area contributed by atoms with Gasteiger partial charge in [0.1, 0.15) is 17.9 Å². The highest BCUT2D eigenvalue weighted by molar-refractivity contribution is 5.96. The summed E-state index contributed by atoms with van der Waals surface area (Å²) >= 11 is 0. The third-order valence-electron chi connectivity index (χ3n) is 2.31. The van der Waals surface area contributed by atoms with Gasteiger partial charge in [0.25, 0.3) is 5.91 Å². The molecule has 1 heterocycles. The number of ether oxygens (including phenoxy) is 1. The molecule has 1 amide bonds. The first-order chi connectivity index (χ1) is 8.10. The number of rotatable bonds is 5. The lowest BCUT2D eigenvalue weighted by Crippen LogP contribution is -2.36. The molecule has 0 radical (unpaired) electrons. The third kappa shape index (κ3) is 3.30. The lowest BCUT2D eigenvalue weighted by Gasteiger charge is -2.19. The molecule has 1 aromatic rings. The Hall–Kier alpha value is -1.85. The summed E-state index contributed by atoms with van der Waals surface area (Å²) in [6, 6.07) is 0. The molecule has 0 saturated carbocycles. The van der Waals surface area contributed by atoms with Crippen molar-refractivity contribution in [1.82, 2.24) is 10.1 Å². The van der Waals surface area contributed by atoms with Crippen LogP contribution in [0.2, 0.25) is 0 Å². The Morgan fingerprint density at radius 1 is 1.53 bits per heavy atom. The van der Waals surface area contributed by atoms with Crippen LogP contribution in [0.3, 0.4) is 0 Å². The van der Waals surface area contributed by atoms with Crippen LogP contribution in [0.25, 0.3) is 0 Å². The number of hydrogen-bond acceptors (Lipinski definition) is 5. The largest absolute Gasteiger partial charge is 0.468 e. The Kier molecular flexibility index (Phi) is 4.68. The van der Waals surface area contributed by atoms with E-state index in [4.69, 9.17) is 4.52 Å². The minimum absolute atomic E-state index is 0.0617. The van der Waals surface area contributed by atoms with E-state index in [0.717, 1.165) is 6.42 Å². The summed E-state index contributed by atoms with van der Waals surface area (Å²) in [5.74, 6) is -0.266. The summed E-state index contributed by atoms with van der Waals surface area (Å²) in [7, 11) is 1.29. The molecule has 0 spiro atoms. The fourth-order valence-corrected chi connectivity index (χ4v) is 1.42. The van der Waals surface area contributed by atoms with Crippen molar-refractivity contribution in [1.29, 1.82) is 0 Å². The van der Waals surface area contributed by atoms with Gasteiger partial charge in [-0.05, 0) is 13.3 Å². The van der Waals surface area contributed by atoms with Gasteiger partial charge >= 0.3 is 5.97 Å². The van der Waals surface area contributed by atoms with Crippen molar-refractivity contribution in [2.24, 2.45) is 0 Å². The fourth-order valence-electron chi connectivity index (χ4n) is 1.42. The first kappa shape index (κ1) is 13.2. The normalized spacial score (nSPS) is 10.1. The van der Waals surface area contributed by atoms with E-state index in [-0.39, 0.29) is 12.5 Å². The Labute approximate surface area is 99.5 Å². The molecule has 94 valence electrons. The van der Waals surface area contributed by atoms with E-state index in [2.05, 4.69) is 9.89 Å². The highest BCUT2D eigenvalue weighted by Crippen LogP contribution is 2.10. The van der Waals surface area contributed by atoms with Crippen LogP contribution in [-0.4, -0.2) is 42.1 Å². The van der Waals surface area contributed by atoms with Crippen LogP contribution in [0.15, 0.2) is 10.7 Å². The predicted octanol–water partition coefficient (Wildman–Crippen LogP) is 1.01. The minimum atomic E-state index is -0.444. The summed E-state index contributed by atoms with van der Waals surface area (Å²) in [5, 5.41) is 3.55. The Bertz CT molecular complexity index is 400. The fraction of sp³-hybridized carbons (Fsp3) is 0.545. The number of carbonyl (C=O) groups is 2. The highest BCUT2D eigenvalue weighted by Gasteiger charge is 2.21. The van der Waals surface area contributed by atoms with E-state index < -0.39 is 5.97 Å². The van der Waals surface area contributed by atoms with Crippen molar-refractivity contribution in [2.45, 2.75) is 20.3 Å². The van der Waals surface area contributed by atoms with Gasteiger partial charge in [0.15, 0.2) is 0 Å². The van der Waals surface area contributed by atoms with Crippen LogP contribution in [0, 0.1) is 6.92 Å². The molecule has 0 atom stereocenters. The molecular formula is C11H16N2O4. The van der Waals surface area contributed by atoms with Gasteiger partial charge in [-0.2, -0.15) is 0 Å². The number of hydrogen-bond donors (Lipinski definition) is 0. The number of nitrogens with zero attached hydrogens (tertiary/aromatic N) is 2. The average Bonchev–Trinajstić information content (AvgIpc) is 2.73. The van der Waals surface area contributed by atoms with Gasteiger partial charge < -0.3 is 14.2 Å². The molecule has 0 aliphatic heterocycles. The van der Waals surface area contributed by atoms with E-state index in [9.17, 15) is 9.59 Å². The van der Waals surface area contributed by atoms with E-state index in [1.54, 1.807) is 6.92 Å². The summed E-state index contributed by atoms with van der Waals surface area (Å²) < 4.78 is 9.38. The highest BCUT2D eigenvalue weighted by atomic mass is 16.5. The summed E-state index contributed by atoms with van der Waals surface area (Å²) in [6.45, 7) is 4.01. The SMILES string of the molecule is CCCN(CC(=O)OC)C(=O)c1cnoc1C. The molecular weight excluding hydrogens is 224 g/mol. The zero-order valence-corrected chi connectivity index (χ0v) is 10.2. The molecule has 6 nitrogen and oxygen atoms in total. The molecule has 1 rings (SSSR count). The summed E-state index contributed by atoms with van der Waals surface area (Å²) in [4.78, 5) is 24.7. The van der Waals surface area contributed by atoms with Crippen LogP contribution in [0.5, 0.6) is 0 Å². The molecule has 0 aliphatic rings. The number of esters is 1. The van der Waals surface area contributed by atoms with Gasteiger partial charge in [0.05, 0.1) is 13.3 Å². The molecule has 0 N–H and O–H groups in total. The first-order valence-corrected chi connectivity index (χ1v) is 5.37. The second kappa shape index (κ2) is 6.03. The van der Waals surface area contributed by atoms with Gasteiger partial charge in [-0.15, -0.1) is 0 Å². The van der Waals surface area contributed by atoms with Crippen LogP contribution in [-0.2, 0) is 9.53 Å². The van der Waals surface area contributed by atoms with Crippen LogP contribution in [0.4, 0.5) is 0 Å². The first-order valence-electron chi connectivity index (χ1n) is 5.37. The van der Waals surface area contributed by atoms with Gasteiger partial charge in [-0.3, -0.25) is 9.59 Å². The van der Waals surface area contributed by atoms with Gasteiger partial charge in [-0.1, -0.05) is 12.1 Å². The molecule has 0 aromatic carbocycles. The lowest BCUT2D eigenvalue weighted by molar-refractivity contribution is -0.141. The Balaban J connectivity index is 2.80. The molecule has 0 aliphatic carbocycles. The lowest BCUT2D eigenvalue weighted by atomic mass is 10.2. The molecule has 17 heavy (non-hydrogen) atoms. The predicted molar refractivity (Wildman–Crippen MR) is 59.5 cm³/mol. The maximum atomic E-state index is 12.1. The summed E-state index contributed by atoms with van der Waals surface area (Å²) in [6.07, 6.45) is 2.12. The third-order valence-corrected chi connectivity index (χ3v) is 2.31. The van der Waals surface area contributed by atoms with E-state index in [1.807, 2.05) is 6.92 Å². The number of methoxy groups -OCH3 is 1. The zero-order chi connectivity index (χ0) is 12.8. The number of carbonyl (C=O) groups excluding carboxylic acids is 2. The van der Waals surface area contributed by atoms with Crippen LogP contribution >= 0.6 is 0 Å². The van der Waals surface area contributed by atoms with E-state index in [1.165, 1.54) is 18.2 Å². The van der Waals surface area contributed by atoms with Gasteiger partial charge in [0.2, 0.25) is 0 Å². The van der Waals surface area contributed by atoms with E-state index in [0.29, 0.717) is 17.9 Å². The second-order valence-corrected chi connectivity index (χ2v) is 3.60. The second-order valence-electron chi connectivity index (χ2n) is 3.60. The average molecular weight is 240 g/mol. The maximum absolute atomic E-state index is 12.1. The maximum Gasteiger partial charge on any atom is 0.325 e.